The van der Waals surface area contributed by atoms with Crippen LogP contribution in [-0.4, -0.2) is 60.6 Å². The molecule has 1 aromatic carbocycles. The number of ether oxygens (including phenoxy) is 1. The van der Waals surface area contributed by atoms with Crippen LogP contribution in [-0.2, 0) is 11.2 Å². The van der Waals surface area contributed by atoms with Crippen LogP contribution in [0.4, 0.5) is 17.3 Å². The Morgan fingerprint density at radius 2 is 1.94 bits per heavy atom. The largest absolute Gasteiger partial charge is 0.489 e. The van der Waals surface area contributed by atoms with Gasteiger partial charge in [-0.2, -0.15) is 0 Å². The lowest BCUT2D eigenvalue weighted by molar-refractivity contribution is -0.122. The summed E-state index contributed by atoms with van der Waals surface area (Å²) in [5.74, 6) is 1.01. The van der Waals surface area contributed by atoms with E-state index in [-0.39, 0.29) is 23.7 Å². The van der Waals surface area contributed by atoms with Gasteiger partial charge in [0.1, 0.15) is 11.9 Å². The predicted octanol–water partition coefficient (Wildman–Crippen LogP) is 1.97. The van der Waals surface area contributed by atoms with Gasteiger partial charge in [0.15, 0.2) is 17.3 Å². The molecule has 1 aliphatic heterocycles. The highest BCUT2D eigenvalue weighted by Gasteiger charge is 2.23. The molecule has 2 unspecified atom stereocenters. The first-order valence-electron chi connectivity index (χ1n) is 11.8. The molecular weight excluding hydrogens is 434 g/mol. The van der Waals surface area contributed by atoms with Gasteiger partial charge in [0.05, 0.1) is 18.3 Å². The van der Waals surface area contributed by atoms with Gasteiger partial charge in [-0.05, 0) is 52.3 Å². The topological polar surface area (TPSA) is 134 Å². The number of nitrogens with two attached hydrogens (primary N) is 1. The van der Waals surface area contributed by atoms with E-state index in [2.05, 4.69) is 25.8 Å². The average molecular weight is 470 g/mol. The smallest absolute Gasteiger partial charge is 0.271 e. The molecule has 2 heterocycles. The average Bonchev–Trinajstić information content (AvgIpc) is 3.36. The predicted molar refractivity (Wildman–Crippen MR) is 133 cm³/mol. The van der Waals surface area contributed by atoms with Gasteiger partial charge in [0.25, 0.3) is 5.91 Å². The molecule has 1 aromatic heterocycles. The van der Waals surface area contributed by atoms with Crippen molar-refractivity contribution in [2.24, 2.45) is 5.73 Å². The van der Waals surface area contributed by atoms with Gasteiger partial charge in [0, 0.05) is 24.8 Å². The van der Waals surface area contributed by atoms with Crippen LogP contribution < -0.4 is 31.3 Å². The lowest BCUT2D eigenvalue weighted by Gasteiger charge is -2.21. The zero-order chi connectivity index (χ0) is 24.7. The fourth-order valence-electron chi connectivity index (χ4n) is 3.73. The molecular formula is C24H35N7O3. The maximum atomic E-state index is 12.1. The number of carbonyl (C=O) groups excluding carboxylic acids is 2. The zero-order valence-corrected chi connectivity index (χ0v) is 20.4. The van der Waals surface area contributed by atoms with Gasteiger partial charge in [-0.3, -0.25) is 9.59 Å². The molecule has 1 saturated heterocycles. The number of aryl methyl sites for hydroxylation is 1. The molecule has 0 spiro atoms. The highest BCUT2D eigenvalue weighted by Crippen LogP contribution is 2.28. The van der Waals surface area contributed by atoms with Crippen LogP contribution in [0.3, 0.4) is 0 Å². The minimum atomic E-state index is -0.634. The van der Waals surface area contributed by atoms with Crippen molar-refractivity contribution >= 4 is 29.1 Å². The molecule has 2 amide bonds. The van der Waals surface area contributed by atoms with Crippen molar-refractivity contribution in [3.8, 4) is 5.75 Å². The summed E-state index contributed by atoms with van der Waals surface area (Å²) in [6.45, 7) is 7.88. The Morgan fingerprint density at radius 1 is 1.21 bits per heavy atom. The number of nitrogens with one attached hydrogen (secondary N) is 3. The number of rotatable bonds is 11. The lowest BCUT2D eigenvalue weighted by atomic mass is 10.2. The number of amides is 2. The molecule has 10 nitrogen and oxygen atoms in total. The van der Waals surface area contributed by atoms with Crippen LogP contribution >= 0.6 is 0 Å². The van der Waals surface area contributed by atoms with E-state index in [1.807, 2.05) is 38.1 Å². The number of likely N-dealkylation sites (N-methyl/N-ethyl adjacent to an activating group) is 1. The van der Waals surface area contributed by atoms with E-state index >= 15 is 0 Å². The molecule has 3 rings (SSSR count). The molecule has 0 radical (unpaired) electrons. The van der Waals surface area contributed by atoms with Crippen molar-refractivity contribution in [1.29, 1.82) is 0 Å². The summed E-state index contributed by atoms with van der Waals surface area (Å²) in [7, 11) is 1.74. The van der Waals surface area contributed by atoms with Crippen molar-refractivity contribution < 1.29 is 14.3 Å². The van der Waals surface area contributed by atoms with Gasteiger partial charge in [-0.15, -0.1) is 0 Å². The van der Waals surface area contributed by atoms with E-state index < -0.39 is 5.91 Å². The lowest BCUT2D eigenvalue weighted by Crippen LogP contribution is -2.43. The Labute approximate surface area is 200 Å². The van der Waals surface area contributed by atoms with Crippen molar-refractivity contribution in [2.75, 3.05) is 36.9 Å². The Hall–Kier alpha value is -3.40. The van der Waals surface area contributed by atoms with Crippen LogP contribution in [0.2, 0.25) is 0 Å². The normalized spacial score (nSPS) is 15.0. The first-order chi connectivity index (χ1) is 16.3. The third kappa shape index (κ3) is 6.34. The number of nitrogens with zero attached hydrogens (tertiary/aromatic N) is 3. The maximum Gasteiger partial charge on any atom is 0.271 e. The second-order valence-electron chi connectivity index (χ2n) is 8.44. The van der Waals surface area contributed by atoms with Crippen LogP contribution in [0.5, 0.6) is 5.75 Å². The first-order valence-corrected chi connectivity index (χ1v) is 11.8. The van der Waals surface area contributed by atoms with Crippen molar-refractivity contribution in [3.05, 3.63) is 35.7 Å². The van der Waals surface area contributed by atoms with E-state index in [1.165, 1.54) is 0 Å². The number of hydrogen-bond donors (Lipinski definition) is 4. The van der Waals surface area contributed by atoms with Gasteiger partial charge in [-0.1, -0.05) is 13.0 Å². The summed E-state index contributed by atoms with van der Waals surface area (Å²) < 4.78 is 5.96. The Balaban J connectivity index is 1.76. The number of hydrogen-bond acceptors (Lipinski definition) is 8. The molecule has 0 aliphatic carbocycles. The number of anilines is 3. The van der Waals surface area contributed by atoms with Gasteiger partial charge >= 0.3 is 0 Å². The van der Waals surface area contributed by atoms with E-state index in [0.717, 1.165) is 37.4 Å². The molecule has 1 fully saturated rings. The fourth-order valence-corrected chi connectivity index (χ4v) is 3.73. The summed E-state index contributed by atoms with van der Waals surface area (Å²) in [5.41, 5.74) is 7.18. The summed E-state index contributed by atoms with van der Waals surface area (Å²) >= 11 is 0. The Kier molecular flexibility index (Phi) is 8.64. The van der Waals surface area contributed by atoms with E-state index in [4.69, 9.17) is 15.5 Å². The highest BCUT2D eigenvalue weighted by atomic mass is 16.5. The summed E-state index contributed by atoms with van der Waals surface area (Å²) in [5, 5.41) is 8.95. The van der Waals surface area contributed by atoms with E-state index in [9.17, 15) is 9.59 Å². The van der Waals surface area contributed by atoms with Crippen molar-refractivity contribution in [1.82, 2.24) is 20.6 Å². The van der Waals surface area contributed by atoms with Crippen molar-refractivity contribution in [2.45, 2.75) is 52.2 Å². The van der Waals surface area contributed by atoms with Gasteiger partial charge in [0.2, 0.25) is 5.91 Å². The van der Waals surface area contributed by atoms with Crippen LogP contribution in [0.1, 0.15) is 49.8 Å². The molecule has 10 heteroatoms. The molecule has 184 valence electrons. The van der Waals surface area contributed by atoms with E-state index in [1.54, 1.807) is 14.0 Å². The number of aromatic nitrogens is 2. The molecule has 5 N–H and O–H groups in total. The van der Waals surface area contributed by atoms with Gasteiger partial charge < -0.3 is 31.3 Å². The second kappa shape index (κ2) is 11.6. The Bertz CT molecular complexity index is 1010. The summed E-state index contributed by atoms with van der Waals surface area (Å²) in [4.78, 5) is 35.6. The van der Waals surface area contributed by atoms with Crippen LogP contribution in [0.25, 0.3) is 0 Å². The third-order valence-electron chi connectivity index (χ3n) is 5.74. The summed E-state index contributed by atoms with van der Waals surface area (Å²) in [6, 6.07) is 7.06. The summed E-state index contributed by atoms with van der Waals surface area (Å²) in [6.07, 6.45) is 2.63. The number of primary amides is 1. The van der Waals surface area contributed by atoms with E-state index in [0.29, 0.717) is 30.2 Å². The monoisotopic (exact) mass is 469 g/mol. The third-order valence-corrected chi connectivity index (χ3v) is 5.74. The molecule has 2 aromatic rings. The SMILES string of the molecule is CCc1nc(C(N)=O)c(Nc2cccc(OC(C)CNC(=O)C(C)NC)c2)nc1N1CCCC1. The molecule has 34 heavy (non-hydrogen) atoms. The maximum absolute atomic E-state index is 12.1. The number of carbonyl (C=O) groups is 2. The van der Waals surface area contributed by atoms with Crippen molar-refractivity contribution in [3.63, 3.8) is 0 Å². The second-order valence-corrected chi connectivity index (χ2v) is 8.44. The zero-order valence-electron chi connectivity index (χ0n) is 20.4. The fraction of sp³-hybridized carbons (Fsp3) is 0.500. The molecule has 2 atom stereocenters. The Morgan fingerprint density at radius 3 is 2.59 bits per heavy atom. The molecule has 0 bridgehead atoms. The van der Waals surface area contributed by atoms with Crippen LogP contribution in [0.15, 0.2) is 24.3 Å². The minimum Gasteiger partial charge on any atom is -0.489 e. The standard InChI is InChI=1S/C24H35N7O3/c1-5-19-23(31-11-6-7-12-31)30-22(20(29-19)21(25)32)28-17-9-8-10-18(13-17)34-15(2)14-27-24(33)16(3)26-4/h8-10,13,15-16,26H,5-7,11-12,14H2,1-4H3,(H2,25,32)(H,27,33)(H,28,30). The van der Waals surface area contributed by atoms with Gasteiger partial charge in [-0.25, -0.2) is 9.97 Å². The minimum absolute atomic E-state index is 0.0877. The highest BCUT2D eigenvalue weighted by molar-refractivity contribution is 5.96. The molecule has 1 aliphatic rings. The first kappa shape index (κ1) is 25.2. The molecule has 0 saturated carbocycles. The van der Waals surface area contributed by atoms with Crippen LogP contribution in [0, 0.1) is 0 Å². The quantitative estimate of drug-likeness (QED) is 0.392. The number of benzene rings is 1.